The third-order valence-corrected chi connectivity index (χ3v) is 6.77. The molecule has 2 fully saturated rings. The molecule has 162 valence electrons. The minimum atomic E-state index is -4.69. The van der Waals surface area contributed by atoms with Gasteiger partial charge < -0.3 is 0 Å². The Balaban J connectivity index is 1.63. The van der Waals surface area contributed by atoms with Gasteiger partial charge in [-0.3, -0.25) is 0 Å². The second-order valence-corrected chi connectivity index (χ2v) is 8.46. The molecule has 4 rings (SSSR count). The van der Waals surface area contributed by atoms with E-state index in [1.807, 2.05) is 0 Å². The molecule has 2 aliphatic rings. The van der Waals surface area contributed by atoms with Gasteiger partial charge in [0.15, 0.2) is 0 Å². The summed E-state index contributed by atoms with van der Waals surface area (Å²) in [5.41, 5.74) is -1.46. The lowest BCUT2D eigenvalue weighted by Crippen LogP contribution is -2.26. The lowest BCUT2D eigenvalue weighted by Gasteiger charge is -2.24. The Morgan fingerprint density at radius 2 is 1.63 bits per heavy atom. The van der Waals surface area contributed by atoms with Crippen molar-refractivity contribution in [1.29, 1.82) is 0 Å². The molecule has 2 aromatic carbocycles. The maximum absolute atomic E-state index is 13.8. The zero-order valence-corrected chi connectivity index (χ0v) is 16.6. The highest BCUT2D eigenvalue weighted by Crippen LogP contribution is 2.51. The van der Waals surface area contributed by atoms with Crippen LogP contribution in [0.2, 0.25) is 5.02 Å². The maximum Gasteiger partial charge on any atom is 0.416 e. The van der Waals surface area contributed by atoms with Gasteiger partial charge >= 0.3 is 12.4 Å². The molecule has 2 nitrogen and oxygen atoms in total. The van der Waals surface area contributed by atoms with Crippen molar-refractivity contribution in [2.45, 2.75) is 43.3 Å². The van der Waals surface area contributed by atoms with Crippen LogP contribution in [0.15, 0.2) is 36.4 Å². The summed E-state index contributed by atoms with van der Waals surface area (Å²) in [6.07, 6.45) is -8.24. The van der Waals surface area contributed by atoms with E-state index in [0.29, 0.717) is 24.5 Å². The summed E-state index contributed by atoms with van der Waals surface area (Å²) in [5, 5.41) is 0.183. The molecule has 3 unspecified atom stereocenters. The predicted octanol–water partition coefficient (Wildman–Crippen LogP) is 6.93. The molecule has 0 aromatic heterocycles. The molecular formula is C19H14ClF7N2S. The molecule has 2 heterocycles. The SMILES string of the molecule is Fc1cc(C2NSN3C(c4cc(C(F)(F)F)ccc4Cl)CCC23)cc(C(F)(F)F)c1. The second-order valence-electron chi connectivity index (χ2n) is 7.21. The normalized spacial score (nSPS) is 25.0. The van der Waals surface area contributed by atoms with E-state index in [2.05, 4.69) is 4.72 Å². The molecule has 1 N–H and O–H groups in total. The number of fused-ring (bicyclic) bond motifs is 1. The largest absolute Gasteiger partial charge is 0.416 e. The predicted molar refractivity (Wildman–Crippen MR) is 98.9 cm³/mol. The summed E-state index contributed by atoms with van der Waals surface area (Å²) in [6.45, 7) is 0. The summed E-state index contributed by atoms with van der Waals surface area (Å²) in [5.74, 6) is -0.999. The fourth-order valence-corrected chi connectivity index (χ4v) is 5.45. The van der Waals surface area contributed by atoms with Gasteiger partial charge in [0.05, 0.1) is 17.2 Å². The first kappa shape index (κ1) is 21.7. The minimum Gasteiger partial charge on any atom is -0.241 e. The van der Waals surface area contributed by atoms with E-state index in [1.165, 1.54) is 6.07 Å². The van der Waals surface area contributed by atoms with Crippen molar-refractivity contribution < 1.29 is 30.7 Å². The Labute approximate surface area is 176 Å². The van der Waals surface area contributed by atoms with Crippen LogP contribution in [-0.4, -0.2) is 10.3 Å². The van der Waals surface area contributed by atoms with Crippen LogP contribution < -0.4 is 4.72 Å². The first-order valence-electron chi connectivity index (χ1n) is 8.90. The quantitative estimate of drug-likeness (QED) is 0.378. The van der Waals surface area contributed by atoms with Crippen molar-refractivity contribution in [2.75, 3.05) is 0 Å². The van der Waals surface area contributed by atoms with Crippen LogP contribution in [-0.2, 0) is 12.4 Å². The molecule has 30 heavy (non-hydrogen) atoms. The molecule has 0 saturated carbocycles. The summed E-state index contributed by atoms with van der Waals surface area (Å²) < 4.78 is 97.1. The van der Waals surface area contributed by atoms with Gasteiger partial charge in [-0.1, -0.05) is 11.6 Å². The molecule has 3 atom stereocenters. The minimum absolute atomic E-state index is 0.137. The van der Waals surface area contributed by atoms with Gasteiger partial charge in [-0.05, 0) is 60.4 Å². The van der Waals surface area contributed by atoms with E-state index in [0.717, 1.165) is 36.4 Å². The molecule has 2 aromatic rings. The number of rotatable bonds is 2. The summed E-state index contributed by atoms with van der Waals surface area (Å²) in [4.78, 5) is 0. The van der Waals surface area contributed by atoms with Gasteiger partial charge in [0.2, 0.25) is 0 Å². The topological polar surface area (TPSA) is 15.3 Å². The van der Waals surface area contributed by atoms with Crippen molar-refractivity contribution >= 4 is 23.7 Å². The highest BCUT2D eigenvalue weighted by Gasteiger charge is 2.46. The number of hydrogen-bond donors (Lipinski definition) is 1. The van der Waals surface area contributed by atoms with Gasteiger partial charge in [0, 0.05) is 29.2 Å². The van der Waals surface area contributed by atoms with E-state index >= 15 is 0 Å². The number of hydrogen-bond acceptors (Lipinski definition) is 3. The lowest BCUT2D eigenvalue weighted by molar-refractivity contribution is -0.138. The molecule has 0 radical (unpaired) electrons. The number of benzene rings is 2. The third kappa shape index (κ3) is 4.02. The number of halogens is 8. The molecule has 2 saturated heterocycles. The zero-order chi connectivity index (χ0) is 21.8. The van der Waals surface area contributed by atoms with Crippen LogP contribution in [0.4, 0.5) is 30.7 Å². The maximum atomic E-state index is 13.8. The Morgan fingerprint density at radius 1 is 0.933 bits per heavy atom. The van der Waals surface area contributed by atoms with Gasteiger partial charge in [-0.15, -0.1) is 0 Å². The first-order chi connectivity index (χ1) is 13.9. The summed E-state index contributed by atoms with van der Waals surface area (Å²) in [6, 6.07) is 4.09. The van der Waals surface area contributed by atoms with Gasteiger partial charge in [-0.2, -0.15) is 26.3 Å². The lowest BCUT2D eigenvalue weighted by atomic mass is 9.97. The van der Waals surface area contributed by atoms with Crippen molar-refractivity contribution in [2.24, 2.45) is 0 Å². The average molecular weight is 471 g/mol. The molecule has 2 aliphatic heterocycles. The Kier molecular flexibility index (Phi) is 5.49. The average Bonchev–Trinajstić information content (AvgIpc) is 3.22. The Bertz CT molecular complexity index is 963. The van der Waals surface area contributed by atoms with Crippen LogP contribution >= 0.6 is 23.7 Å². The molecular weight excluding hydrogens is 457 g/mol. The second kappa shape index (κ2) is 7.58. The Hall–Kier alpha value is -1.49. The number of nitrogens with zero attached hydrogens (tertiary/aromatic N) is 1. The van der Waals surface area contributed by atoms with Crippen LogP contribution in [0.25, 0.3) is 0 Å². The van der Waals surface area contributed by atoms with Gasteiger partial charge in [0.1, 0.15) is 5.82 Å². The zero-order valence-electron chi connectivity index (χ0n) is 15.0. The molecule has 0 amide bonds. The fourth-order valence-electron chi connectivity index (χ4n) is 3.97. The van der Waals surface area contributed by atoms with E-state index in [9.17, 15) is 30.7 Å². The van der Waals surface area contributed by atoms with Crippen molar-refractivity contribution in [3.8, 4) is 0 Å². The van der Waals surface area contributed by atoms with Crippen LogP contribution in [0.3, 0.4) is 0 Å². The van der Waals surface area contributed by atoms with Crippen molar-refractivity contribution in [1.82, 2.24) is 9.03 Å². The first-order valence-corrected chi connectivity index (χ1v) is 10.1. The van der Waals surface area contributed by atoms with Crippen molar-refractivity contribution in [3.63, 3.8) is 0 Å². The monoisotopic (exact) mass is 470 g/mol. The molecule has 0 spiro atoms. The van der Waals surface area contributed by atoms with Crippen LogP contribution in [0, 0.1) is 5.82 Å². The standard InChI is InChI=1S/C19H14ClF7N2S/c20-14-2-1-10(18(22,23)24)8-13(14)15-3-4-16-17(28-30-29(15)16)9-5-11(19(25,26)27)7-12(21)6-9/h1-2,5-8,15-17,28H,3-4H2. The van der Waals surface area contributed by atoms with Gasteiger partial charge in [-0.25, -0.2) is 13.4 Å². The molecule has 0 bridgehead atoms. The van der Waals surface area contributed by atoms with Gasteiger partial charge in [0.25, 0.3) is 0 Å². The number of alkyl halides is 6. The highest BCUT2D eigenvalue weighted by atomic mass is 35.5. The summed E-state index contributed by atoms with van der Waals surface area (Å²) >= 11 is 7.26. The van der Waals surface area contributed by atoms with E-state index < -0.39 is 41.4 Å². The number of nitrogens with one attached hydrogen (secondary N) is 1. The fraction of sp³-hybridized carbons (Fsp3) is 0.368. The van der Waals surface area contributed by atoms with Crippen LogP contribution in [0.1, 0.15) is 47.2 Å². The summed E-state index contributed by atoms with van der Waals surface area (Å²) in [7, 11) is 0. The van der Waals surface area contributed by atoms with E-state index in [4.69, 9.17) is 11.6 Å². The third-order valence-electron chi connectivity index (χ3n) is 5.33. The van der Waals surface area contributed by atoms with E-state index in [-0.39, 0.29) is 16.6 Å². The highest BCUT2D eigenvalue weighted by molar-refractivity contribution is 7.95. The molecule has 11 heteroatoms. The smallest absolute Gasteiger partial charge is 0.241 e. The Morgan fingerprint density at radius 3 is 2.30 bits per heavy atom. The van der Waals surface area contributed by atoms with E-state index in [1.54, 1.807) is 4.31 Å². The molecule has 0 aliphatic carbocycles. The van der Waals surface area contributed by atoms with Crippen molar-refractivity contribution in [3.05, 3.63) is 69.5 Å². The van der Waals surface area contributed by atoms with Crippen LogP contribution in [0.5, 0.6) is 0 Å².